The van der Waals surface area contributed by atoms with Crippen LogP contribution in [0.4, 0.5) is 0 Å². The summed E-state index contributed by atoms with van der Waals surface area (Å²) in [4.78, 5) is 0. The van der Waals surface area contributed by atoms with Crippen LogP contribution in [0, 0.1) is 13.8 Å². The molecule has 2 rings (SSSR count). The van der Waals surface area contributed by atoms with E-state index in [-0.39, 0.29) is 0 Å². The molecule has 1 saturated heterocycles. The molecule has 1 fully saturated rings. The fourth-order valence-corrected chi connectivity index (χ4v) is 6.29. The second kappa shape index (κ2) is 7.77. The lowest BCUT2D eigenvalue weighted by Gasteiger charge is -2.37. The molecule has 0 spiro atoms. The van der Waals surface area contributed by atoms with Crippen molar-refractivity contribution in [3.05, 3.63) is 34.9 Å². The molecule has 1 aliphatic heterocycles. The van der Waals surface area contributed by atoms with Crippen LogP contribution in [0.1, 0.15) is 43.0 Å². The first-order chi connectivity index (χ1) is 9.67. The average molecular weight is 310 g/mol. The second-order valence-corrected chi connectivity index (χ2v) is 8.18. The van der Waals surface area contributed by atoms with Crippen molar-refractivity contribution in [3.8, 4) is 0 Å². The summed E-state index contributed by atoms with van der Waals surface area (Å²) >= 11 is 4.34. The van der Waals surface area contributed by atoms with Crippen molar-refractivity contribution >= 4 is 23.5 Å². The molecule has 1 aromatic rings. The van der Waals surface area contributed by atoms with Crippen LogP contribution in [0.3, 0.4) is 0 Å². The smallest absolute Gasteiger partial charge is 0.0453 e. The minimum Gasteiger partial charge on any atom is -0.309 e. The van der Waals surface area contributed by atoms with Crippen molar-refractivity contribution in [2.75, 3.05) is 18.1 Å². The van der Waals surface area contributed by atoms with E-state index in [1.807, 2.05) is 0 Å². The third-order valence-electron chi connectivity index (χ3n) is 4.01. The molecule has 0 radical (unpaired) electrons. The Kier molecular flexibility index (Phi) is 6.31. The molecule has 1 nitrogen and oxygen atoms in total. The third-order valence-corrected chi connectivity index (χ3v) is 7.36. The molecular weight excluding hydrogens is 282 g/mol. The Hall–Kier alpha value is -0.120. The number of hydrogen-bond acceptors (Lipinski definition) is 3. The first kappa shape index (κ1) is 16.3. The summed E-state index contributed by atoms with van der Waals surface area (Å²) in [6.07, 6.45) is 1.27. The first-order valence-electron chi connectivity index (χ1n) is 7.71. The largest absolute Gasteiger partial charge is 0.309 e. The van der Waals surface area contributed by atoms with Crippen LogP contribution in [0.5, 0.6) is 0 Å². The summed E-state index contributed by atoms with van der Waals surface area (Å²) in [6.45, 7) is 10.0. The molecule has 3 atom stereocenters. The van der Waals surface area contributed by atoms with E-state index in [0.29, 0.717) is 11.3 Å². The Morgan fingerprint density at radius 2 is 1.95 bits per heavy atom. The van der Waals surface area contributed by atoms with Gasteiger partial charge in [0.05, 0.1) is 0 Å². The summed E-state index contributed by atoms with van der Waals surface area (Å²) < 4.78 is 0. The summed E-state index contributed by atoms with van der Waals surface area (Å²) in [6, 6.07) is 7.41. The van der Waals surface area contributed by atoms with Crippen molar-refractivity contribution in [2.24, 2.45) is 0 Å². The van der Waals surface area contributed by atoms with Gasteiger partial charge in [-0.15, -0.1) is 0 Å². The van der Waals surface area contributed by atoms with E-state index in [0.717, 1.165) is 11.8 Å². The fourth-order valence-electron chi connectivity index (χ4n) is 3.04. The maximum absolute atomic E-state index is 3.76. The van der Waals surface area contributed by atoms with E-state index in [4.69, 9.17) is 0 Å². The van der Waals surface area contributed by atoms with Gasteiger partial charge in [0.15, 0.2) is 0 Å². The van der Waals surface area contributed by atoms with Gasteiger partial charge < -0.3 is 5.32 Å². The zero-order valence-electron chi connectivity index (χ0n) is 13.1. The van der Waals surface area contributed by atoms with Gasteiger partial charge >= 0.3 is 0 Å². The van der Waals surface area contributed by atoms with Crippen LogP contribution in [-0.4, -0.2) is 28.6 Å². The van der Waals surface area contributed by atoms with E-state index in [2.05, 4.69) is 74.7 Å². The van der Waals surface area contributed by atoms with Gasteiger partial charge in [0.2, 0.25) is 0 Å². The maximum Gasteiger partial charge on any atom is 0.0453 e. The topological polar surface area (TPSA) is 12.0 Å². The Bertz CT molecular complexity index is 433. The Labute approximate surface area is 132 Å². The molecular formula is C17H27NS2. The number of hydrogen-bond donors (Lipinski definition) is 1. The van der Waals surface area contributed by atoms with Crippen LogP contribution in [0.2, 0.25) is 0 Å². The van der Waals surface area contributed by atoms with Gasteiger partial charge in [-0.1, -0.05) is 37.6 Å². The number of thioether (sulfide) groups is 2. The molecule has 3 unspecified atom stereocenters. The minimum atomic E-state index is 0.489. The van der Waals surface area contributed by atoms with E-state index in [1.165, 1.54) is 34.6 Å². The number of aryl methyl sites for hydroxylation is 2. The van der Waals surface area contributed by atoms with Crippen molar-refractivity contribution < 1.29 is 0 Å². The average Bonchev–Trinajstić information content (AvgIpc) is 2.45. The highest BCUT2D eigenvalue weighted by molar-refractivity contribution is 8.07. The highest BCUT2D eigenvalue weighted by atomic mass is 32.2. The van der Waals surface area contributed by atoms with Gasteiger partial charge in [-0.3, -0.25) is 0 Å². The van der Waals surface area contributed by atoms with Crippen LogP contribution in [-0.2, 0) is 0 Å². The summed E-state index contributed by atoms with van der Waals surface area (Å²) in [5.74, 6) is 2.60. The fraction of sp³-hybridized carbons (Fsp3) is 0.647. The SMILES string of the molecule is CCNC(c1ccc(C)cc1C)C1SCCSC1CC. The minimum absolute atomic E-state index is 0.489. The van der Waals surface area contributed by atoms with Crippen LogP contribution in [0.25, 0.3) is 0 Å². The zero-order chi connectivity index (χ0) is 14.5. The van der Waals surface area contributed by atoms with Crippen molar-refractivity contribution in [1.29, 1.82) is 0 Å². The summed E-state index contributed by atoms with van der Waals surface area (Å²) in [5, 5.41) is 5.23. The number of benzene rings is 1. The number of nitrogens with one attached hydrogen (secondary N) is 1. The van der Waals surface area contributed by atoms with Crippen LogP contribution < -0.4 is 5.32 Å². The Morgan fingerprint density at radius 1 is 1.20 bits per heavy atom. The van der Waals surface area contributed by atoms with Gasteiger partial charge in [0.1, 0.15) is 0 Å². The molecule has 0 amide bonds. The van der Waals surface area contributed by atoms with Gasteiger partial charge in [-0.25, -0.2) is 0 Å². The molecule has 1 aliphatic rings. The van der Waals surface area contributed by atoms with E-state index < -0.39 is 0 Å². The van der Waals surface area contributed by atoms with Gasteiger partial charge in [0.25, 0.3) is 0 Å². The lowest BCUT2D eigenvalue weighted by Crippen LogP contribution is -2.39. The van der Waals surface area contributed by atoms with Crippen molar-refractivity contribution in [3.63, 3.8) is 0 Å². The normalized spacial score (nSPS) is 24.6. The maximum atomic E-state index is 3.76. The molecule has 0 aromatic heterocycles. The van der Waals surface area contributed by atoms with E-state index in [9.17, 15) is 0 Å². The van der Waals surface area contributed by atoms with Crippen LogP contribution in [0.15, 0.2) is 18.2 Å². The van der Waals surface area contributed by atoms with Gasteiger partial charge in [0, 0.05) is 28.0 Å². The molecule has 112 valence electrons. The predicted molar refractivity (Wildman–Crippen MR) is 95.1 cm³/mol. The zero-order valence-corrected chi connectivity index (χ0v) is 14.7. The molecule has 1 aromatic carbocycles. The van der Waals surface area contributed by atoms with Crippen LogP contribution >= 0.6 is 23.5 Å². The highest BCUT2D eigenvalue weighted by Crippen LogP contribution is 2.41. The Morgan fingerprint density at radius 3 is 2.60 bits per heavy atom. The molecule has 1 N–H and O–H groups in total. The summed E-state index contributed by atoms with van der Waals surface area (Å²) in [5.41, 5.74) is 4.29. The predicted octanol–water partition coefficient (Wildman–Crippen LogP) is 4.58. The monoisotopic (exact) mass is 309 g/mol. The lowest BCUT2D eigenvalue weighted by atomic mass is 9.95. The molecule has 20 heavy (non-hydrogen) atoms. The Balaban J connectivity index is 2.29. The summed E-state index contributed by atoms with van der Waals surface area (Å²) in [7, 11) is 0. The van der Waals surface area contributed by atoms with Crippen molar-refractivity contribution in [2.45, 2.75) is 50.7 Å². The quantitative estimate of drug-likeness (QED) is 0.855. The van der Waals surface area contributed by atoms with Crippen molar-refractivity contribution in [1.82, 2.24) is 5.32 Å². The number of rotatable bonds is 5. The van der Waals surface area contributed by atoms with E-state index >= 15 is 0 Å². The molecule has 1 heterocycles. The molecule has 0 saturated carbocycles. The molecule has 0 aliphatic carbocycles. The van der Waals surface area contributed by atoms with E-state index in [1.54, 1.807) is 0 Å². The van der Waals surface area contributed by atoms with Gasteiger partial charge in [-0.2, -0.15) is 23.5 Å². The highest BCUT2D eigenvalue weighted by Gasteiger charge is 2.33. The first-order valence-corrected chi connectivity index (χ1v) is 9.80. The molecule has 0 bridgehead atoms. The lowest BCUT2D eigenvalue weighted by molar-refractivity contribution is 0.511. The molecule has 3 heteroatoms. The third kappa shape index (κ3) is 3.75. The second-order valence-electron chi connectivity index (χ2n) is 5.55. The van der Waals surface area contributed by atoms with Gasteiger partial charge in [-0.05, 0) is 37.9 Å². The standard InChI is InChI=1S/C17H27NS2/c1-5-15-17(20-10-9-19-15)16(18-6-2)14-8-7-12(3)11-13(14)4/h7-8,11,15-18H,5-6,9-10H2,1-4H3.